The van der Waals surface area contributed by atoms with Gasteiger partial charge in [0.05, 0.1) is 5.69 Å². The molecule has 0 saturated heterocycles. The van der Waals surface area contributed by atoms with Crippen molar-refractivity contribution in [3.8, 4) is 0 Å². The molecule has 1 heterocycles. The first-order valence-corrected chi connectivity index (χ1v) is 9.71. The number of carbonyl (C=O) groups excluding carboxylic acids is 1. The van der Waals surface area contributed by atoms with E-state index in [1.54, 1.807) is 24.9 Å². The highest BCUT2D eigenvalue weighted by Crippen LogP contribution is 2.19. The maximum atomic E-state index is 14.0. The first kappa shape index (κ1) is 20.7. The molecule has 1 aromatic heterocycles. The predicted molar refractivity (Wildman–Crippen MR) is 115 cm³/mol. The Morgan fingerprint density at radius 2 is 1.93 bits per heavy atom. The zero-order chi connectivity index (χ0) is 21.0. The number of rotatable bonds is 6. The fraction of sp³-hybridized carbons (Fsp3) is 0.190. The van der Waals surface area contributed by atoms with Crippen molar-refractivity contribution in [2.45, 2.75) is 20.0 Å². The summed E-state index contributed by atoms with van der Waals surface area (Å²) in [6.45, 7) is 1.96. The quantitative estimate of drug-likeness (QED) is 0.610. The molecule has 0 bridgehead atoms. The molecular formula is C21H20BrFN4O2. The van der Waals surface area contributed by atoms with Gasteiger partial charge in [-0.05, 0) is 30.7 Å². The molecule has 0 fully saturated rings. The summed E-state index contributed by atoms with van der Waals surface area (Å²) in [5.74, 6) is -0.720. The van der Waals surface area contributed by atoms with Gasteiger partial charge < -0.3 is 10.2 Å². The molecule has 0 radical (unpaired) electrons. The van der Waals surface area contributed by atoms with Gasteiger partial charge in [0.1, 0.15) is 12.4 Å². The lowest BCUT2D eigenvalue weighted by molar-refractivity contribution is -0.116. The van der Waals surface area contributed by atoms with Crippen LogP contribution in [0.4, 0.5) is 16.0 Å². The van der Waals surface area contributed by atoms with Gasteiger partial charge in [-0.25, -0.2) is 9.37 Å². The lowest BCUT2D eigenvalue weighted by Gasteiger charge is -2.22. The molecule has 3 rings (SSSR count). The molecule has 8 heteroatoms. The Balaban J connectivity index is 1.84. The van der Waals surface area contributed by atoms with Crippen molar-refractivity contribution in [2.24, 2.45) is 0 Å². The fourth-order valence-corrected chi connectivity index (χ4v) is 3.23. The molecule has 0 saturated carbocycles. The van der Waals surface area contributed by atoms with E-state index in [1.165, 1.54) is 22.8 Å². The predicted octanol–water partition coefficient (Wildman–Crippen LogP) is 3.73. The zero-order valence-electron chi connectivity index (χ0n) is 16.0. The summed E-state index contributed by atoms with van der Waals surface area (Å²) in [5, 5.41) is 2.50. The van der Waals surface area contributed by atoms with Crippen molar-refractivity contribution in [1.82, 2.24) is 9.55 Å². The molecule has 150 valence electrons. The number of benzene rings is 2. The zero-order valence-corrected chi connectivity index (χ0v) is 17.6. The van der Waals surface area contributed by atoms with Crippen LogP contribution in [0.25, 0.3) is 0 Å². The normalized spacial score (nSPS) is 10.6. The summed E-state index contributed by atoms with van der Waals surface area (Å²) >= 11 is 3.17. The second kappa shape index (κ2) is 9.00. The molecule has 0 aliphatic carbocycles. The maximum Gasteiger partial charge on any atom is 0.255 e. The van der Waals surface area contributed by atoms with E-state index in [1.807, 2.05) is 30.3 Å². The van der Waals surface area contributed by atoms with Gasteiger partial charge in [-0.2, -0.15) is 0 Å². The second-order valence-electron chi connectivity index (χ2n) is 6.64. The monoisotopic (exact) mass is 458 g/mol. The largest absolute Gasteiger partial charge is 0.341 e. The van der Waals surface area contributed by atoms with Crippen molar-refractivity contribution in [2.75, 3.05) is 17.3 Å². The number of halogens is 2. The maximum absolute atomic E-state index is 14.0. The Morgan fingerprint density at radius 1 is 1.21 bits per heavy atom. The molecule has 0 spiro atoms. The number of carbonyl (C=O) groups is 1. The smallest absolute Gasteiger partial charge is 0.255 e. The average Bonchev–Trinajstić information content (AvgIpc) is 2.66. The van der Waals surface area contributed by atoms with E-state index >= 15 is 0 Å². The highest BCUT2D eigenvalue weighted by molar-refractivity contribution is 9.10. The molecule has 0 atom stereocenters. The van der Waals surface area contributed by atoms with Crippen molar-refractivity contribution in [3.05, 3.63) is 86.5 Å². The Hall–Kier alpha value is -3.00. The highest BCUT2D eigenvalue weighted by Gasteiger charge is 2.16. The molecule has 3 aromatic rings. The van der Waals surface area contributed by atoms with Gasteiger partial charge in [0.25, 0.3) is 5.56 Å². The summed E-state index contributed by atoms with van der Waals surface area (Å²) in [6, 6.07) is 15.4. The van der Waals surface area contributed by atoms with E-state index in [0.29, 0.717) is 22.7 Å². The van der Waals surface area contributed by atoms with Crippen LogP contribution in [-0.2, 0) is 17.9 Å². The Bertz CT molecular complexity index is 1090. The molecule has 0 unspecified atom stereocenters. The Labute approximate surface area is 176 Å². The van der Waals surface area contributed by atoms with Crippen LogP contribution in [0.1, 0.15) is 11.3 Å². The third-order valence-electron chi connectivity index (χ3n) is 4.23. The van der Waals surface area contributed by atoms with Crippen LogP contribution in [0.15, 0.2) is 63.9 Å². The summed E-state index contributed by atoms with van der Waals surface area (Å²) in [4.78, 5) is 31.3. The molecule has 6 nitrogen and oxygen atoms in total. The van der Waals surface area contributed by atoms with Gasteiger partial charge in [-0.15, -0.1) is 0 Å². The Kier molecular flexibility index (Phi) is 6.43. The van der Waals surface area contributed by atoms with Gasteiger partial charge in [0.2, 0.25) is 11.9 Å². The third-order valence-corrected chi connectivity index (χ3v) is 4.72. The number of anilines is 2. The molecule has 0 aliphatic rings. The topological polar surface area (TPSA) is 67.2 Å². The van der Waals surface area contributed by atoms with Gasteiger partial charge in [0, 0.05) is 29.8 Å². The van der Waals surface area contributed by atoms with Crippen LogP contribution >= 0.6 is 15.9 Å². The van der Waals surface area contributed by atoms with Crippen molar-refractivity contribution >= 4 is 33.5 Å². The van der Waals surface area contributed by atoms with Crippen molar-refractivity contribution < 1.29 is 9.18 Å². The number of hydrogen-bond donors (Lipinski definition) is 1. The summed E-state index contributed by atoms with van der Waals surface area (Å²) < 4.78 is 15.8. The molecule has 29 heavy (non-hydrogen) atoms. The average molecular weight is 459 g/mol. The first-order chi connectivity index (χ1) is 13.8. The van der Waals surface area contributed by atoms with Gasteiger partial charge in [0.15, 0.2) is 0 Å². The van der Waals surface area contributed by atoms with Crippen molar-refractivity contribution in [1.29, 1.82) is 0 Å². The lowest BCUT2D eigenvalue weighted by atomic mass is 10.2. The van der Waals surface area contributed by atoms with E-state index < -0.39 is 11.7 Å². The number of hydrogen-bond acceptors (Lipinski definition) is 4. The standard InChI is InChI=1S/C21H20BrFN4O2/c1-14-10-20(29)27(13-19(28)25-18-9-8-16(22)11-17(18)23)21(24-14)26(2)12-15-6-4-3-5-7-15/h3-11H,12-13H2,1-2H3,(H,25,28). The van der Waals surface area contributed by atoms with Gasteiger partial charge in [-0.3, -0.25) is 14.2 Å². The van der Waals surface area contributed by atoms with Crippen LogP contribution < -0.4 is 15.8 Å². The molecule has 1 amide bonds. The fourth-order valence-electron chi connectivity index (χ4n) is 2.90. The minimum atomic E-state index is -0.566. The first-order valence-electron chi connectivity index (χ1n) is 8.92. The number of amides is 1. The second-order valence-corrected chi connectivity index (χ2v) is 7.55. The molecule has 2 aromatic carbocycles. The van der Waals surface area contributed by atoms with E-state index in [9.17, 15) is 14.0 Å². The van der Waals surface area contributed by atoms with Crippen LogP contribution in [0.3, 0.4) is 0 Å². The lowest BCUT2D eigenvalue weighted by Crippen LogP contribution is -2.34. The number of aromatic nitrogens is 2. The molecule has 0 aliphatic heterocycles. The minimum Gasteiger partial charge on any atom is -0.341 e. The van der Waals surface area contributed by atoms with Crippen molar-refractivity contribution in [3.63, 3.8) is 0 Å². The van der Waals surface area contributed by atoms with E-state index in [-0.39, 0.29) is 17.8 Å². The third kappa shape index (κ3) is 5.29. The highest BCUT2D eigenvalue weighted by atomic mass is 79.9. The molecular weight excluding hydrogens is 439 g/mol. The van der Waals surface area contributed by atoms with E-state index in [2.05, 4.69) is 26.2 Å². The summed E-state index contributed by atoms with van der Waals surface area (Å²) in [7, 11) is 1.80. The Morgan fingerprint density at radius 3 is 2.62 bits per heavy atom. The van der Waals surface area contributed by atoms with Crippen LogP contribution in [-0.4, -0.2) is 22.5 Å². The number of nitrogens with one attached hydrogen (secondary N) is 1. The summed E-state index contributed by atoms with van der Waals surface area (Å²) in [6.07, 6.45) is 0. The minimum absolute atomic E-state index is 0.0468. The number of aryl methyl sites for hydroxylation is 1. The van der Waals surface area contributed by atoms with Gasteiger partial charge >= 0.3 is 0 Å². The SMILES string of the molecule is Cc1cc(=O)n(CC(=O)Nc2ccc(Br)cc2F)c(N(C)Cc2ccccc2)n1. The van der Waals surface area contributed by atoms with Crippen LogP contribution in [0.5, 0.6) is 0 Å². The number of nitrogens with zero attached hydrogens (tertiary/aromatic N) is 3. The van der Waals surface area contributed by atoms with Crippen LogP contribution in [0, 0.1) is 12.7 Å². The van der Waals surface area contributed by atoms with Gasteiger partial charge in [-0.1, -0.05) is 46.3 Å². The molecule has 1 N–H and O–H groups in total. The summed E-state index contributed by atoms with van der Waals surface area (Å²) in [5.41, 5.74) is 1.29. The van der Waals surface area contributed by atoms with E-state index in [4.69, 9.17) is 0 Å². The van der Waals surface area contributed by atoms with E-state index in [0.717, 1.165) is 5.56 Å². The van der Waals surface area contributed by atoms with Crippen LogP contribution in [0.2, 0.25) is 0 Å².